The number of ether oxygens (including phenoxy) is 1. The number of nitrogens with one attached hydrogen (secondary N) is 1. The van der Waals surface area contributed by atoms with Crippen LogP contribution in [0.3, 0.4) is 0 Å². The number of benzene rings is 1. The summed E-state index contributed by atoms with van der Waals surface area (Å²) in [5.41, 5.74) is 1.46. The zero-order chi connectivity index (χ0) is 14.2. The van der Waals surface area contributed by atoms with Gasteiger partial charge in [0.1, 0.15) is 0 Å². The largest absolute Gasteiger partial charge is 0.378 e. The van der Waals surface area contributed by atoms with Crippen LogP contribution in [0.25, 0.3) is 0 Å². The van der Waals surface area contributed by atoms with Crippen LogP contribution in [0.15, 0.2) is 30.3 Å². The van der Waals surface area contributed by atoms with Gasteiger partial charge in [0.2, 0.25) is 0 Å². The average molecular weight is 276 g/mol. The predicted molar refractivity (Wildman–Crippen MR) is 84.1 cm³/mol. The molecule has 0 unspecified atom stereocenters. The van der Waals surface area contributed by atoms with E-state index in [0.717, 1.165) is 6.61 Å². The molecule has 0 bridgehead atoms. The van der Waals surface area contributed by atoms with E-state index >= 15 is 0 Å². The van der Waals surface area contributed by atoms with Gasteiger partial charge in [0.05, 0.1) is 25.7 Å². The monoisotopic (exact) mass is 276 g/mol. The van der Waals surface area contributed by atoms with Crippen molar-refractivity contribution in [1.29, 1.82) is 0 Å². The molecular weight excluding hydrogens is 246 g/mol. The van der Waals surface area contributed by atoms with Crippen molar-refractivity contribution in [3.63, 3.8) is 0 Å². The first kappa shape index (κ1) is 15.5. The standard InChI is InChI=1S/C18H29NO/c1-3-19(4-2)13-12-17(18-11-8-14-20-18)15-16-9-6-5-7-10-16/h5-7,9-10,17-18H,3-4,8,11-15H2,1-2H3/p+1/t17-,18+/m1/s1. The summed E-state index contributed by atoms with van der Waals surface area (Å²) in [4.78, 5) is 1.71. The Morgan fingerprint density at radius 1 is 1.20 bits per heavy atom. The molecule has 0 aliphatic carbocycles. The van der Waals surface area contributed by atoms with E-state index in [-0.39, 0.29) is 0 Å². The highest BCUT2D eigenvalue weighted by Gasteiger charge is 2.26. The SMILES string of the molecule is CC[NH+](CC)CC[C@H](Cc1ccccc1)[C@@H]1CCCO1. The summed E-state index contributed by atoms with van der Waals surface area (Å²) in [5.74, 6) is 0.688. The molecule has 1 N–H and O–H groups in total. The van der Waals surface area contributed by atoms with Crippen LogP contribution in [0.1, 0.15) is 38.7 Å². The van der Waals surface area contributed by atoms with Gasteiger partial charge in [0.25, 0.3) is 0 Å². The normalized spacial score (nSPS) is 20.4. The van der Waals surface area contributed by atoms with Crippen LogP contribution in [0.2, 0.25) is 0 Å². The van der Waals surface area contributed by atoms with Crippen LogP contribution in [0, 0.1) is 5.92 Å². The molecule has 0 radical (unpaired) electrons. The Labute approximate surface area is 124 Å². The minimum Gasteiger partial charge on any atom is -0.378 e. The van der Waals surface area contributed by atoms with Crippen molar-refractivity contribution in [1.82, 2.24) is 0 Å². The Kier molecular flexibility index (Phi) is 6.55. The maximum atomic E-state index is 5.98. The van der Waals surface area contributed by atoms with Gasteiger partial charge in [-0.3, -0.25) is 0 Å². The number of rotatable bonds is 8. The lowest BCUT2D eigenvalue weighted by atomic mass is 9.89. The van der Waals surface area contributed by atoms with Gasteiger partial charge in [-0.05, 0) is 44.6 Å². The topological polar surface area (TPSA) is 13.7 Å². The van der Waals surface area contributed by atoms with Gasteiger partial charge in [-0.1, -0.05) is 30.3 Å². The van der Waals surface area contributed by atoms with Crippen molar-refractivity contribution < 1.29 is 9.64 Å². The van der Waals surface area contributed by atoms with Gasteiger partial charge in [-0.2, -0.15) is 0 Å². The van der Waals surface area contributed by atoms with E-state index in [1.807, 2.05) is 0 Å². The van der Waals surface area contributed by atoms with E-state index in [0.29, 0.717) is 12.0 Å². The Morgan fingerprint density at radius 3 is 2.55 bits per heavy atom. The molecule has 0 spiro atoms. The highest BCUT2D eigenvalue weighted by Crippen LogP contribution is 2.25. The number of quaternary nitrogens is 1. The quantitative estimate of drug-likeness (QED) is 0.769. The molecule has 20 heavy (non-hydrogen) atoms. The molecular formula is C18H30NO+. The summed E-state index contributed by atoms with van der Waals surface area (Å²) in [6, 6.07) is 10.9. The Hall–Kier alpha value is -0.860. The molecule has 1 aliphatic rings. The predicted octanol–water partition coefficient (Wildman–Crippen LogP) is 2.34. The third-order valence-electron chi connectivity index (χ3n) is 4.70. The lowest BCUT2D eigenvalue weighted by molar-refractivity contribution is -0.897. The molecule has 1 aliphatic heterocycles. The van der Waals surface area contributed by atoms with Gasteiger partial charge in [-0.15, -0.1) is 0 Å². The van der Waals surface area contributed by atoms with E-state index in [9.17, 15) is 0 Å². The molecule has 2 rings (SSSR count). The fourth-order valence-electron chi connectivity index (χ4n) is 3.30. The van der Waals surface area contributed by atoms with Crippen molar-refractivity contribution in [2.24, 2.45) is 5.92 Å². The smallest absolute Gasteiger partial charge is 0.0774 e. The van der Waals surface area contributed by atoms with Crippen LogP contribution in [0.4, 0.5) is 0 Å². The van der Waals surface area contributed by atoms with Crippen molar-refractivity contribution in [2.75, 3.05) is 26.2 Å². The van der Waals surface area contributed by atoms with E-state index in [4.69, 9.17) is 4.74 Å². The Balaban J connectivity index is 1.93. The maximum absolute atomic E-state index is 5.98. The lowest BCUT2D eigenvalue weighted by Crippen LogP contribution is -3.11. The van der Waals surface area contributed by atoms with Crippen molar-refractivity contribution in [3.8, 4) is 0 Å². The first-order chi connectivity index (χ1) is 9.83. The molecule has 1 saturated heterocycles. The van der Waals surface area contributed by atoms with Crippen molar-refractivity contribution in [3.05, 3.63) is 35.9 Å². The van der Waals surface area contributed by atoms with Crippen LogP contribution in [0.5, 0.6) is 0 Å². The molecule has 1 fully saturated rings. The lowest BCUT2D eigenvalue weighted by Gasteiger charge is -2.25. The van der Waals surface area contributed by atoms with Gasteiger partial charge in [0.15, 0.2) is 0 Å². The average Bonchev–Trinajstić information content (AvgIpc) is 3.02. The van der Waals surface area contributed by atoms with Crippen LogP contribution in [-0.4, -0.2) is 32.3 Å². The van der Waals surface area contributed by atoms with E-state index in [2.05, 4.69) is 44.2 Å². The second-order valence-corrected chi connectivity index (χ2v) is 6.00. The van der Waals surface area contributed by atoms with Gasteiger partial charge < -0.3 is 9.64 Å². The summed E-state index contributed by atoms with van der Waals surface area (Å²) in [6.07, 6.45) is 5.45. The minimum atomic E-state index is 0.491. The fraction of sp³-hybridized carbons (Fsp3) is 0.667. The van der Waals surface area contributed by atoms with Crippen molar-refractivity contribution >= 4 is 0 Å². The molecule has 1 heterocycles. The van der Waals surface area contributed by atoms with E-state index < -0.39 is 0 Å². The second-order valence-electron chi connectivity index (χ2n) is 6.00. The molecule has 2 heteroatoms. The van der Waals surface area contributed by atoms with Gasteiger partial charge in [-0.25, -0.2) is 0 Å². The molecule has 0 amide bonds. The van der Waals surface area contributed by atoms with E-state index in [1.54, 1.807) is 4.90 Å². The summed E-state index contributed by atoms with van der Waals surface area (Å²) >= 11 is 0. The Bertz CT molecular complexity index is 355. The fourth-order valence-corrected chi connectivity index (χ4v) is 3.30. The zero-order valence-corrected chi connectivity index (χ0v) is 13.1. The third kappa shape index (κ3) is 4.60. The Morgan fingerprint density at radius 2 is 1.95 bits per heavy atom. The molecule has 2 atom stereocenters. The molecule has 1 aromatic rings. The second kappa shape index (κ2) is 8.43. The van der Waals surface area contributed by atoms with E-state index in [1.165, 1.54) is 50.9 Å². The highest BCUT2D eigenvalue weighted by atomic mass is 16.5. The third-order valence-corrected chi connectivity index (χ3v) is 4.70. The van der Waals surface area contributed by atoms with Crippen molar-refractivity contribution in [2.45, 2.75) is 45.6 Å². The summed E-state index contributed by atoms with van der Waals surface area (Å²) in [6.45, 7) is 9.30. The maximum Gasteiger partial charge on any atom is 0.0774 e. The highest BCUT2D eigenvalue weighted by molar-refractivity contribution is 5.15. The number of hydrogen-bond donors (Lipinski definition) is 1. The van der Waals surface area contributed by atoms with Gasteiger partial charge in [0, 0.05) is 13.0 Å². The van der Waals surface area contributed by atoms with Crippen LogP contribution >= 0.6 is 0 Å². The molecule has 1 aromatic carbocycles. The minimum absolute atomic E-state index is 0.491. The van der Waals surface area contributed by atoms with Crippen LogP contribution in [-0.2, 0) is 11.2 Å². The summed E-state index contributed by atoms with van der Waals surface area (Å²) < 4.78 is 5.98. The summed E-state index contributed by atoms with van der Waals surface area (Å²) in [7, 11) is 0. The van der Waals surface area contributed by atoms with Crippen LogP contribution < -0.4 is 4.90 Å². The molecule has 0 aromatic heterocycles. The molecule has 0 saturated carbocycles. The molecule has 112 valence electrons. The summed E-state index contributed by atoms with van der Waals surface area (Å²) in [5, 5.41) is 0. The number of hydrogen-bond acceptors (Lipinski definition) is 1. The first-order valence-corrected chi connectivity index (χ1v) is 8.32. The first-order valence-electron chi connectivity index (χ1n) is 8.32. The molecule has 2 nitrogen and oxygen atoms in total. The zero-order valence-electron chi connectivity index (χ0n) is 13.1. The van der Waals surface area contributed by atoms with Gasteiger partial charge >= 0.3 is 0 Å².